The van der Waals surface area contributed by atoms with Gasteiger partial charge in [0.15, 0.2) is 0 Å². The minimum absolute atomic E-state index is 0.131. The van der Waals surface area contributed by atoms with E-state index in [1.54, 1.807) is 55.1 Å². The van der Waals surface area contributed by atoms with Crippen LogP contribution >= 0.6 is 11.8 Å². The quantitative estimate of drug-likeness (QED) is 0.411. The van der Waals surface area contributed by atoms with Gasteiger partial charge in [-0.25, -0.2) is 8.42 Å². The van der Waals surface area contributed by atoms with Gasteiger partial charge >= 0.3 is 0 Å². The van der Waals surface area contributed by atoms with Crippen molar-refractivity contribution in [1.29, 1.82) is 0 Å². The number of carbonyl (C=O) groups is 1. The van der Waals surface area contributed by atoms with Gasteiger partial charge < -0.3 is 10.2 Å². The molecule has 2 aromatic carbocycles. The van der Waals surface area contributed by atoms with Crippen molar-refractivity contribution < 1.29 is 13.2 Å². The summed E-state index contributed by atoms with van der Waals surface area (Å²) in [5.41, 5.74) is 1.08. The third-order valence-corrected chi connectivity index (χ3v) is 8.40. The highest BCUT2D eigenvalue weighted by Gasteiger charge is 2.23. The molecule has 2 aromatic rings. The number of nitrogens with one attached hydrogen (secondary N) is 1. The van der Waals surface area contributed by atoms with E-state index in [9.17, 15) is 13.2 Å². The van der Waals surface area contributed by atoms with Gasteiger partial charge in [0, 0.05) is 23.5 Å². The van der Waals surface area contributed by atoms with Gasteiger partial charge in [0.1, 0.15) is 0 Å². The van der Waals surface area contributed by atoms with E-state index in [0.29, 0.717) is 24.3 Å². The van der Waals surface area contributed by atoms with Crippen LogP contribution in [0.2, 0.25) is 0 Å². The fourth-order valence-electron chi connectivity index (χ4n) is 3.93. The zero-order chi connectivity index (χ0) is 23.0. The molecule has 0 saturated carbocycles. The van der Waals surface area contributed by atoms with Crippen molar-refractivity contribution in [3.8, 4) is 0 Å². The van der Waals surface area contributed by atoms with Crippen LogP contribution in [0.25, 0.3) is 0 Å². The molecule has 1 aliphatic heterocycles. The minimum atomic E-state index is -3.67. The van der Waals surface area contributed by atoms with E-state index in [1.807, 2.05) is 18.4 Å². The molecule has 1 aliphatic rings. The molecule has 0 aliphatic carbocycles. The van der Waals surface area contributed by atoms with Crippen LogP contribution in [-0.2, 0) is 10.0 Å². The van der Waals surface area contributed by atoms with E-state index in [0.717, 1.165) is 31.0 Å². The predicted molar refractivity (Wildman–Crippen MR) is 132 cm³/mol. The first-order valence-corrected chi connectivity index (χ1v) is 13.9. The summed E-state index contributed by atoms with van der Waals surface area (Å²) >= 11 is 1.57. The number of amides is 1. The molecule has 0 radical (unpaired) electrons. The van der Waals surface area contributed by atoms with Crippen molar-refractivity contribution in [1.82, 2.24) is 10.2 Å². The van der Waals surface area contributed by atoms with Crippen molar-refractivity contribution >= 4 is 33.4 Å². The van der Waals surface area contributed by atoms with Gasteiger partial charge in [-0.3, -0.25) is 9.10 Å². The first-order valence-electron chi connectivity index (χ1n) is 11.2. The van der Waals surface area contributed by atoms with Gasteiger partial charge in [0.05, 0.1) is 10.6 Å². The van der Waals surface area contributed by atoms with Crippen molar-refractivity contribution in [3.05, 3.63) is 54.1 Å². The Labute approximate surface area is 196 Å². The maximum absolute atomic E-state index is 13.1. The molecule has 1 heterocycles. The number of anilines is 1. The molecule has 0 unspecified atom stereocenters. The van der Waals surface area contributed by atoms with Crippen molar-refractivity contribution in [3.63, 3.8) is 0 Å². The van der Waals surface area contributed by atoms with Crippen molar-refractivity contribution in [2.45, 2.75) is 42.4 Å². The van der Waals surface area contributed by atoms with Crippen LogP contribution in [0.4, 0.5) is 5.69 Å². The molecular weight excluding hydrogens is 442 g/mol. The van der Waals surface area contributed by atoms with Crippen molar-refractivity contribution in [2.24, 2.45) is 0 Å². The molecule has 8 heteroatoms. The van der Waals surface area contributed by atoms with Crippen molar-refractivity contribution in [2.75, 3.05) is 43.3 Å². The number of hydrogen-bond acceptors (Lipinski definition) is 5. The van der Waals surface area contributed by atoms with Crippen LogP contribution in [0.3, 0.4) is 0 Å². The molecule has 1 saturated heterocycles. The second-order valence-corrected chi connectivity index (χ2v) is 10.6. The normalized spacial score (nSPS) is 14.8. The van der Waals surface area contributed by atoms with E-state index in [1.165, 1.54) is 23.6 Å². The number of nitrogens with zero attached hydrogens (tertiary/aromatic N) is 2. The smallest absolute Gasteiger partial charge is 0.264 e. The van der Waals surface area contributed by atoms with E-state index >= 15 is 0 Å². The molecular formula is C24H33N3O3S2. The standard InChI is InChI=1S/C24H33N3O3S2/c1-3-27(32(29,30)23-14-12-22(31-2)13-15-23)21-10-8-20(9-11-21)24(28)25-16-7-19-26-17-5-4-6-18-26/h8-15H,3-7,16-19H2,1-2H3,(H,25,28). The number of rotatable bonds is 10. The fraction of sp³-hybridized carbons (Fsp3) is 0.458. The molecule has 0 aromatic heterocycles. The van der Waals surface area contributed by atoms with E-state index in [2.05, 4.69) is 10.2 Å². The zero-order valence-corrected chi connectivity index (χ0v) is 20.6. The number of piperidine rings is 1. The molecule has 0 bridgehead atoms. The summed E-state index contributed by atoms with van der Waals surface area (Å²) in [6, 6.07) is 13.6. The zero-order valence-electron chi connectivity index (χ0n) is 18.9. The molecule has 32 heavy (non-hydrogen) atoms. The molecule has 0 spiro atoms. The topological polar surface area (TPSA) is 69.7 Å². The van der Waals surface area contributed by atoms with Gasteiger partial charge in [-0.1, -0.05) is 6.42 Å². The molecule has 1 fully saturated rings. The Morgan fingerprint density at radius 1 is 1.03 bits per heavy atom. The van der Waals surface area contributed by atoms with Crippen LogP contribution in [0, 0.1) is 0 Å². The summed E-state index contributed by atoms with van der Waals surface area (Å²) < 4.78 is 27.6. The van der Waals surface area contributed by atoms with E-state index < -0.39 is 10.0 Å². The highest BCUT2D eigenvalue weighted by Crippen LogP contribution is 2.25. The number of sulfonamides is 1. The molecule has 174 valence electrons. The summed E-state index contributed by atoms with van der Waals surface area (Å²) in [6.45, 7) is 6.08. The molecule has 1 N–H and O–H groups in total. The summed E-state index contributed by atoms with van der Waals surface area (Å²) in [7, 11) is -3.67. The minimum Gasteiger partial charge on any atom is -0.352 e. The number of benzene rings is 2. The van der Waals surface area contributed by atoms with Gasteiger partial charge in [0.2, 0.25) is 0 Å². The second kappa shape index (κ2) is 11.7. The lowest BCUT2D eigenvalue weighted by Crippen LogP contribution is -2.33. The summed E-state index contributed by atoms with van der Waals surface area (Å²) in [5, 5.41) is 2.97. The van der Waals surface area contributed by atoms with Gasteiger partial charge in [0.25, 0.3) is 15.9 Å². The third kappa shape index (κ3) is 6.27. The number of hydrogen-bond donors (Lipinski definition) is 1. The first-order chi connectivity index (χ1) is 15.5. The molecule has 1 amide bonds. The fourth-order valence-corrected chi connectivity index (χ4v) is 5.82. The van der Waals surface area contributed by atoms with Gasteiger partial charge in [-0.2, -0.15) is 0 Å². The van der Waals surface area contributed by atoms with Crippen LogP contribution in [0.1, 0.15) is 43.0 Å². The maximum atomic E-state index is 13.1. The summed E-state index contributed by atoms with van der Waals surface area (Å²) in [5.74, 6) is -0.131. The second-order valence-electron chi connectivity index (χ2n) is 7.90. The SMILES string of the molecule is CCN(c1ccc(C(=O)NCCCN2CCCCC2)cc1)S(=O)(=O)c1ccc(SC)cc1. The maximum Gasteiger partial charge on any atom is 0.264 e. The Balaban J connectivity index is 1.59. The Morgan fingerprint density at radius 2 is 1.69 bits per heavy atom. The first kappa shape index (κ1) is 24.6. The molecule has 3 rings (SSSR count). The van der Waals surface area contributed by atoms with Crippen LogP contribution < -0.4 is 9.62 Å². The monoisotopic (exact) mass is 475 g/mol. The third-order valence-electron chi connectivity index (χ3n) is 5.74. The lowest BCUT2D eigenvalue weighted by atomic mass is 10.1. The highest BCUT2D eigenvalue weighted by molar-refractivity contribution is 7.98. The van der Waals surface area contributed by atoms with E-state index in [4.69, 9.17) is 0 Å². The van der Waals surface area contributed by atoms with E-state index in [-0.39, 0.29) is 10.8 Å². The Morgan fingerprint density at radius 3 is 2.28 bits per heavy atom. The predicted octanol–water partition coefficient (Wildman–Crippen LogP) is 4.23. The summed E-state index contributed by atoms with van der Waals surface area (Å²) in [4.78, 5) is 16.2. The van der Waals surface area contributed by atoms with Crippen LogP contribution in [-0.4, -0.2) is 58.2 Å². The summed E-state index contributed by atoms with van der Waals surface area (Å²) in [6.07, 6.45) is 6.75. The number of thioether (sulfide) groups is 1. The molecule has 6 nitrogen and oxygen atoms in total. The Hall–Kier alpha value is -2.03. The average Bonchev–Trinajstić information content (AvgIpc) is 2.83. The van der Waals surface area contributed by atoms with Gasteiger partial charge in [-0.15, -0.1) is 11.8 Å². The lowest BCUT2D eigenvalue weighted by molar-refractivity contribution is 0.0951. The van der Waals surface area contributed by atoms with Gasteiger partial charge in [-0.05, 0) is 101 Å². The average molecular weight is 476 g/mol. The Kier molecular flexibility index (Phi) is 9.02. The number of likely N-dealkylation sites (tertiary alicyclic amines) is 1. The Bertz CT molecular complexity index is 971. The lowest BCUT2D eigenvalue weighted by Gasteiger charge is -2.26. The molecule has 0 atom stereocenters. The largest absolute Gasteiger partial charge is 0.352 e. The number of carbonyl (C=O) groups excluding carboxylic acids is 1. The highest BCUT2D eigenvalue weighted by atomic mass is 32.2. The van der Waals surface area contributed by atoms with Crippen LogP contribution in [0.15, 0.2) is 58.3 Å². The van der Waals surface area contributed by atoms with Crippen LogP contribution in [0.5, 0.6) is 0 Å².